The number of ether oxygens (including phenoxy) is 1. The second kappa shape index (κ2) is 7.66. The summed E-state index contributed by atoms with van der Waals surface area (Å²) >= 11 is 0. The Morgan fingerprint density at radius 1 is 1.30 bits per heavy atom. The van der Waals surface area contributed by atoms with Crippen LogP contribution < -0.4 is 4.90 Å². The summed E-state index contributed by atoms with van der Waals surface area (Å²) in [6, 6.07) is 3.26. The van der Waals surface area contributed by atoms with Crippen molar-refractivity contribution >= 4 is 26.6 Å². The first-order valence-corrected chi connectivity index (χ1v) is 12.4. The van der Waals surface area contributed by atoms with Crippen molar-refractivity contribution in [2.45, 2.75) is 29.8 Å². The molecule has 2 fully saturated rings. The van der Waals surface area contributed by atoms with Crippen molar-refractivity contribution in [3.8, 4) is 11.4 Å². The first kappa shape index (κ1) is 22.1. The van der Waals surface area contributed by atoms with Gasteiger partial charge in [-0.15, -0.1) is 0 Å². The van der Waals surface area contributed by atoms with Crippen LogP contribution >= 0.6 is 0 Å². The number of alkyl halides is 3. The molecule has 1 saturated heterocycles. The lowest BCUT2D eigenvalue weighted by Gasteiger charge is -2.37. The van der Waals surface area contributed by atoms with Gasteiger partial charge in [-0.1, -0.05) is 0 Å². The zero-order valence-electron chi connectivity index (χ0n) is 18.1. The lowest BCUT2D eigenvalue weighted by Crippen LogP contribution is -2.54. The predicted molar refractivity (Wildman–Crippen MR) is 118 cm³/mol. The molecule has 3 aromatic rings. The second-order valence-corrected chi connectivity index (χ2v) is 11.1. The molecule has 3 aromatic heterocycles. The third-order valence-corrected chi connectivity index (χ3v) is 9.22. The Kier molecular flexibility index (Phi) is 5.12. The molecule has 2 aliphatic rings. The summed E-state index contributed by atoms with van der Waals surface area (Å²) in [5.41, 5.74) is 1.70. The molecule has 0 aromatic carbocycles. The molecule has 1 aliphatic carbocycles. The van der Waals surface area contributed by atoms with Gasteiger partial charge in [-0.25, -0.2) is 23.5 Å². The highest BCUT2D eigenvalue weighted by Gasteiger charge is 2.54. The number of hydrogen-bond acceptors (Lipinski definition) is 7. The number of aromatic nitrogens is 4. The molecule has 1 saturated carbocycles. The van der Waals surface area contributed by atoms with Crippen molar-refractivity contribution in [3.63, 3.8) is 0 Å². The minimum Gasteiger partial charge on any atom is -0.377 e. The molecule has 2 atom stereocenters. The Bertz CT molecular complexity index is 1330. The van der Waals surface area contributed by atoms with Gasteiger partial charge in [0.2, 0.25) is 0 Å². The third-order valence-electron chi connectivity index (χ3n) is 6.46. The standard InChI is InChI=1S/C21H23F3N6O2S/c1-25-33(2,31)20(5-6-20)15-11-17(30-9-10-32-12-16(30)21(22,23)24)29-19(28-15)14-4-8-27-18-13(14)3-7-26-18/h3-4,7-8,11,16H,5-6,9-10,12H2,1-2H3,(H,26,27)/t16-,33?/m0/s1. The van der Waals surface area contributed by atoms with E-state index in [1.165, 1.54) is 11.9 Å². The van der Waals surface area contributed by atoms with E-state index in [9.17, 15) is 17.4 Å². The van der Waals surface area contributed by atoms with E-state index in [4.69, 9.17) is 9.72 Å². The Balaban J connectivity index is 1.73. The molecule has 0 spiro atoms. The maximum absolute atomic E-state index is 13.8. The molecular weight excluding hydrogens is 457 g/mol. The van der Waals surface area contributed by atoms with Crippen LogP contribution in [0.5, 0.6) is 0 Å². The third kappa shape index (κ3) is 3.65. The van der Waals surface area contributed by atoms with Gasteiger partial charge in [0.25, 0.3) is 0 Å². The zero-order valence-corrected chi connectivity index (χ0v) is 18.9. The molecule has 0 amide bonds. The van der Waals surface area contributed by atoms with E-state index in [0.717, 1.165) is 5.39 Å². The highest BCUT2D eigenvalue weighted by atomic mass is 32.2. The van der Waals surface area contributed by atoms with Gasteiger partial charge < -0.3 is 14.6 Å². The highest BCUT2D eigenvalue weighted by molar-refractivity contribution is 7.94. The molecule has 5 rings (SSSR count). The van der Waals surface area contributed by atoms with Crippen LogP contribution in [0.2, 0.25) is 0 Å². The minimum absolute atomic E-state index is 0.0304. The van der Waals surface area contributed by atoms with Crippen molar-refractivity contribution in [1.82, 2.24) is 19.9 Å². The van der Waals surface area contributed by atoms with Gasteiger partial charge in [-0.05, 0) is 25.0 Å². The van der Waals surface area contributed by atoms with Crippen LogP contribution in [-0.4, -0.2) is 69.4 Å². The largest absolute Gasteiger partial charge is 0.411 e. The number of halogens is 3. The van der Waals surface area contributed by atoms with Gasteiger partial charge in [0, 0.05) is 49.3 Å². The smallest absolute Gasteiger partial charge is 0.377 e. The number of hydrogen-bond donors (Lipinski definition) is 1. The summed E-state index contributed by atoms with van der Waals surface area (Å²) < 4.78 is 63.2. The van der Waals surface area contributed by atoms with Crippen LogP contribution in [0.15, 0.2) is 35.0 Å². The molecule has 33 heavy (non-hydrogen) atoms. The first-order chi connectivity index (χ1) is 15.7. The molecular formula is C21H23F3N6O2S. The van der Waals surface area contributed by atoms with E-state index in [1.54, 1.807) is 30.8 Å². The second-order valence-electron chi connectivity index (χ2n) is 8.34. The number of morpholine rings is 1. The van der Waals surface area contributed by atoms with Gasteiger partial charge >= 0.3 is 6.18 Å². The van der Waals surface area contributed by atoms with E-state index in [2.05, 4.69) is 19.3 Å². The average molecular weight is 481 g/mol. The van der Waals surface area contributed by atoms with Crippen molar-refractivity contribution in [2.75, 3.05) is 38.0 Å². The van der Waals surface area contributed by atoms with Gasteiger partial charge in [0.05, 0.1) is 33.4 Å². The number of aromatic amines is 1. The minimum atomic E-state index is -4.50. The molecule has 12 heteroatoms. The fourth-order valence-corrected chi connectivity index (χ4v) is 6.06. The Morgan fingerprint density at radius 2 is 2.09 bits per heavy atom. The molecule has 1 unspecified atom stereocenters. The molecule has 1 N–H and O–H groups in total. The first-order valence-electron chi connectivity index (χ1n) is 10.5. The van der Waals surface area contributed by atoms with Crippen LogP contribution in [-0.2, 0) is 19.2 Å². The van der Waals surface area contributed by atoms with Crippen LogP contribution in [0.4, 0.5) is 19.0 Å². The summed E-state index contributed by atoms with van der Waals surface area (Å²) in [4.78, 5) is 17.8. The predicted octanol–water partition coefficient (Wildman–Crippen LogP) is 3.50. The Labute approximate surface area is 188 Å². The van der Waals surface area contributed by atoms with Gasteiger partial charge in [0.1, 0.15) is 17.5 Å². The molecule has 0 bridgehead atoms. The van der Waals surface area contributed by atoms with Crippen LogP contribution in [0, 0.1) is 0 Å². The fourth-order valence-electron chi connectivity index (χ4n) is 4.36. The van der Waals surface area contributed by atoms with Gasteiger partial charge in [0.15, 0.2) is 5.82 Å². The van der Waals surface area contributed by atoms with E-state index in [-0.39, 0.29) is 24.8 Å². The number of nitrogens with zero attached hydrogens (tertiary/aromatic N) is 5. The Hall–Kier alpha value is -2.73. The van der Waals surface area contributed by atoms with Crippen molar-refractivity contribution in [2.24, 2.45) is 4.36 Å². The molecule has 0 radical (unpaired) electrons. The van der Waals surface area contributed by atoms with Crippen LogP contribution in [0.3, 0.4) is 0 Å². The van der Waals surface area contributed by atoms with Crippen molar-refractivity contribution in [3.05, 3.63) is 36.3 Å². The van der Waals surface area contributed by atoms with Gasteiger partial charge in [-0.3, -0.25) is 0 Å². The van der Waals surface area contributed by atoms with Crippen molar-refractivity contribution < 1.29 is 22.1 Å². The molecule has 4 heterocycles. The van der Waals surface area contributed by atoms with Gasteiger partial charge in [-0.2, -0.15) is 13.2 Å². The lowest BCUT2D eigenvalue weighted by molar-refractivity contribution is -0.167. The van der Waals surface area contributed by atoms with Crippen molar-refractivity contribution in [1.29, 1.82) is 0 Å². The number of anilines is 1. The summed E-state index contributed by atoms with van der Waals surface area (Å²) in [5, 5.41) is 0.747. The van der Waals surface area contributed by atoms with E-state index >= 15 is 0 Å². The zero-order chi connectivity index (χ0) is 23.4. The van der Waals surface area contributed by atoms with Crippen LogP contribution in [0.1, 0.15) is 18.5 Å². The summed E-state index contributed by atoms with van der Waals surface area (Å²) in [5.74, 6) is 0.401. The molecule has 1 aliphatic heterocycles. The summed E-state index contributed by atoms with van der Waals surface area (Å²) in [6.45, 7) is -0.295. The number of H-pyrrole nitrogens is 1. The SMILES string of the molecule is CN=S(C)(=O)C1(c2cc(N3CCOC[C@H]3C(F)(F)F)nc(-c3ccnc4[nH]ccc34)n2)CC1. The maximum Gasteiger partial charge on any atom is 0.411 e. The molecule has 176 valence electrons. The summed E-state index contributed by atoms with van der Waals surface area (Å²) in [6.07, 6.45) is 1.59. The normalized spacial score (nSPS) is 22.2. The summed E-state index contributed by atoms with van der Waals surface area (Å²) in [7, 11) is -1.16. The lowest BCUT2D eigenvalue weighted by atomic mass is 10.1. The van der Waals surface area contributed by atoms with Crippen LogP contribution in [0.25, 0.3) is 22.4 Å². The number of rotatable bonds is 4. The van der Waals surface area contributed by atoms with E-state index in [1.807, 2.05) is 6.07 Å². The Morgan fingerprint density at radius 3 is 2.79 bits per heavy atom. The monoisotopic (exact) mass is 480 g/mol. The average Bonchev–Trinajstić information content (AvgIpc) is 3.49. The highest BCUT2D eigenvalue weighted by Crippen LogP contribution is 2.53. The fraction of sp³-hybridized carbons (Fsp3) is 0.476. The number of fused-ring (bicyclic) bond motifs is 1. The molecule has 8 nitrogen and oxygen atoms in total. The quantitative estimate of drug-likeness (QED) is 0.614. The van der Waals surface area contributed by atoms with E-state index in [0.29, 0.717) is 29.7 Å². The maximum atomic E-state index is 13.8. The number of nitrogens with one attached hydrogen (secondary N) is 1. The van der Waals surface area contributed by atoms with E-state index < -0.39 is 33.3 Å². The topological polar surface area (TPSA) is 96.4 Å². The number of pyridine rings is 1.